The minimum absolute atomic E-state index is 0.106. The normalized spacial score (nSPS) is 8.00. The molecule has 0 N–H and O–H groups in total. The molecule has 4 nitrogen and oxygen atoms in total. The minimum atomic E-state index is -0.710. The molecule has 0 aliphatic rings. The van der Waals surface area contributed by atoms with Gasteiger partial charge in [0.2, 0.25) is 0 Å². The third-order valence-corrected chi connectivity index (χ3v) is 0.696. The van der Waals surface area contributed by atoms with Crippen LogP contribution in [0.25, 0.3) is 0 Å². The molecule has 0 saturated heterocycles. The second-order valence-corrected chi connectivity index (χ2v) is 1.44. The summed E-state index contributed by atoms with van der Waals surface area (Å²) < 4.78 is 8.86. The average Bonchev–Trinajstić information content (AvgIpc) is 1.89. The highest BCUT2D eigenvalue weighted by atomic mass is 16.7. The third-order valence-electron chi connectivity index (χ3n) is 0.696. The van der Waals surface area contributed by atoms with Gasteiger partial charge in [0.05, 0.1) is 19.1 Å². The Labute approximate surface area is 59.3 Å². The molecule has 0 aliphatic heterocycles. The number of hydrogen-bond donors (Lipinski definition) is 0. The van der Waals surface area contributed by atoms with Crippen molar-refractivity contribution in [2.45, 2.75) is 13.3 Å². The maximum Gasteiger partial charge on any atom is 0.508 e. The first kappa shape index (κ1) is 8.76. The molecule has 0 aromatic carbocycles. The maximum atomic E-state index is 10.4. The highest BCUT2D eigenvalue weighted by Gasteiger charge is 1.99. The summed E-state index contributed by atoms with van der Waals surface area (Å²) in [5.74, 6) is 0. The maximum absolute atomic E-state index is 10.4. The number of rotatable bonds is 3. The second kappa shape index (κ2) is 5.89. The molecule has 0 unspecified atom stereocenters. The molecule has 0 radical (unpaired) electrons. The lowest BCUT2D eigenvalue weighted by molar-refractivity contribution is 0.0607. The fourth-order valence-corrected chi connectivity index (χ4v) is 0.340. The Morgan fingerprint density at radius 3 is 2.80 bits per heavy atom. The van der Waals surface area contributed by atoms with Crippen LogP contribution in [0.2, 0.25) is 0 Å². The van der Waals surface area contributed by atoms with Crippen molar-refractivity contribution in [1.29, 1.82) is 5.26 Å². The Hall–Kier alpha value is -1.24. The standard InChI is InChI=1S/C6H9NO3/c1-2-9-6(8)10-5-3-4-7/h2-3,5H2,1H3. The molecule has 0 aromatic heterocycles. The van der Waals surface area contributed by atoms with Gasteiger partial charge in [-0.25, -0.2) is 4.79 Å². The predicted octanol–water partition coefficient (Wildman–Crippen LogP) is 1.07. The van der Waals surface area contributed by atoms with Crippen LogP contribution in [0.15, 0.2) is 0 Å². The van der Waals surface area contributed by atoms with Crippen molar-refractivity contribution in [3.63, 3.8) is 0 Å². The number of hydrogen-bond acceptors (Lipinski definition) is 4. The highest BCUT2D eigenvalue weighted by molar-refractivity contribution is 5.59. The van der Waals surface area contributed by atoms with Crippen molar-refractivity contribution in [2.24, 2.45) is 0 Å². The molecule has 0 atom stereocenters. The monoisotopic (exact) mass is 143 g/mol. The lowest BCUT2D eigenvalue weighted by atomic mass is 10.5. The van der Waals surface area contributed by atoms with E-state index in [0.717, 1.165) is 0 Å². The molecule has 0 aliphatic carbocycles. The number of nitrogens with zero attached hydrogens (tertiary/aromatic N) is 1. The number of nitriles is 1. The van der Waals surface area contributed by atoms with Crippen LogP contribution in [0.3, 0.4) is 0 Å². The number of carbonyl (C=O) groups is 1. The molecule has 0 aromatic rings. The summed E-state index contributed by atoms with van der Waals surface area (Å²) in [6.45, 7) is 2.09. The van der Waals surface area contributed by atoms with Crippen LogP contribution in [-0.2, 0) is 9.47 Å². The van der Waals surface area contributed by atoms with Crippen LogP contribution in [0.4, 0.5) is 4.79 Å². The largest absolute Gasteiger partial charge is 0.508 e. The molecule has 0 rings (SSSR count). The van der Waals surface area contributed by atoms with Gasteiger partial charge in [-0.1, -0.05) is 0 Å². The molecule has 0 amide bonds. The molecule has 0 bridgehead atoms. The van der Waals surface area contributed by atoms with Gasteiger partial charge in [0, 0.05) is 0 Å². The van der Waals surface area contributed by atoms with Crippen molar-refractivity contribution in [3.8, 4) is 6.07 Å². The van der Waals surface area contributed by atoms with Crippen molar-refractivity contribution < 1.29 is 14.3 Å². The van der Waals surface area contributed by atoms with Crippen LogP contribution >= 0.6 is 0 Å². The molecule has 10 heavy (non-hydrogen) atoms. The van der Waals surface area contributed by atoms with Gasteiger partial charge in [0.25, 0.3) is 0 Å². The lowest BCUT2D eigenvalue weighted by Crippen LogP contribution is -2.07. The van der Waals surface area contributed by atoms with E-state index < -0.39 is 6.16 Å². The first-order chi connectivity index (χ1) is 4.81. The summed E-state index contributed by atoms with van der Waals surface area (Å²) in [5.41, 5.74) is 0. The number of ether oxygens (including phenoxy) is 2. The molecule has 0 spiro atoms. The van der Waals surface area contributed by atoms with Crippen LogP contribution in [0.5, 0.6) is 0 Å². The Morgan fingerprint density at radius 1 is 1.60 bits per heavy atom. The zero-order valence-electron chi connectivity index (χ0n) is 5.79. The van der Waals surface area contributed by atoms with Gasteiger partial charge in [-0.05, 0) is 6.92 Å². The molecular weight excluding hydrogens is 134 g/mol. The van der Waals surface area contributed by atoms with Gasteiger partial charge < -0.3 is 9.47 Å². The van der Waals surface area contributed by atoms with Crippen LogP contribution in [0, 0.1) is 11.3 Å². The van der Waals surface area contributed by atoms with Gasteiger partial charge in [0.15, 0.2) is 0 Å². The van der Waals surface area contributed by atoms with Gasteiger partial charge in [0.1, 0.15) is 6.61 Å². The van der Waals surface area contributed by atoms with E-state index in [-0.39, 0.29) is 13.0 Å². The highest BCUT2D eigenvalue weighted by Crippen LogP contribution is 1.86. The number of carbonyl (C=O) groups excluding carboxylic acids is 1. The third kappa shape index (κ3) is 4.91. The Bertz CT molecular complexity index is 138. The zero-order chi connectivity index (χ0) is 7.82. The van der Waals surface area contributed by atoms with Gasteiger partial charge >= 0.3 is 6.16 Å². The molecule has 0 fully saturated rings. The molecular formula is C6H9NO3. The Balaban J connectivity index is 3.15. The SMILES string of the molecule is CCOC(=O)OCCC#N. The van der Waals surface area contributed by atoms with E-state index in [0.29, 0.717) is 6.61 Å². The van der Waals surface area contributed by atoms with Gasteiger partial charge in [-0.15, -0.1) is 0 Å². The van der Waals surface area contributed by atoms with Crippen molar-refractivity contribution >= 4 is 6.16 Å². The second-order valence-electron chi connectivity index (χ2n) is 1.44. The van der Waals surface area contributed by atoms with E-state index in [9.17, 15) is 4.79 Å². The zero-order valence-corrected chi connectivity index (χ0v) is 5.79. The average molecular weight is 143 g/mol. The van der Waals surface area contributed by atoms with E-state index in [1.165, 1.54) is 0 Å². The summed E-state index contributed by atoms with van der Waals surface area (Å²) in [6.07, 6.45) is -0.503. The van der Waals surface area contributed by atoms with Crippen LogP contribution in [-0.4, -0.2) is 19.4 Å². The smallest absolute Gasteiger partial charge is 0.435 e. The molecule has 4 heteroatoms. The molecule has 56 valence electrons. The predicted molar refractivity (Wildman–Crippen MR) is 33.2 cm³/mol. The van der Waals surface area contributed by atoms with Crippen molar-refractivity contribution in [3.05, 3.63) is 0 Å². The van der Waals surface area contributed by atoms with E-state index in [4.69, 9.17) is 5.26 Å². The first-order valence-corrected chi connectivity index (χ1v) is 2.97. The topological polar surface area (TPSA) is 59.3 Å². The summed E-state index contributed by atoms with van der Waals surface area (Å²) in [7, 11) is 0. The Kier molecular flexibility index (Phi) is 5.16. The molecule has 0 heterocycles. The van der Waals surface area contributed by atoms with E-state index in [1.807, 2.05) is 6.07 Å². The summed E-state index contributed by atoms with van der Waals surface area (Å²) in [4.78, 5) is 10.4. The van der Waals surface area contributed by atoms with Crippen LogP contribution in [0.1, 0.15) is 13.3 Å². The minimum Gasteiger partial charge on any atom is -0.435 e. The Morgan fingerprint density at radius 2 is 2.30 bits per heavy atom. The van der Waals surface area contributed by atoms with Crippen molar-refractivity contribution in [2.75, 3.05) is 13.2 Å². The van der Waals surface area contributed by atoms with Crippen LogP contribution < -0.4 is 0 Å². The van der Waals surface area contributed by atoms with E-state index in [2.05, 4.69) is 9.47 Å². The van der Waals surface area contributed by atoms with Gasteiger partial charge in [-0.2, -0.15) is 5.26 Å². The summed E-state index contributed by atoms with van der Waals surface area (Å²) >= 11 is 0. The van der Waals surface area contributed by atoms with Crippen molar-refractivity contribution in [1.82, 2.24) is 0 Å². The quantitative estimate of drug-likeness (QED) is 0.438. The van der Waals surface area contributed by atoms with Gasteiger partial charge in [-0.3, -0.25) is 0 Å². The summed E-state index contributed by atoms with van der Waals surface area (Å²) in [6, 6.07) is 1.83. The fourth-order valence-electron chi connectivity index (χ4n) is 0.340. The molecule has 0 saturated carbocycles. The lowest BCUT2D eigenvalue weighted by Gasteiger charge is -1.99. The van der Waals surface area contributed by atoms with E-state index in [1.54, 1.807) is 6.92 Å². The fraction of sp³-hybridized carbons (Fsp3) is 0.667. The summed E-state index contributed by atoms with van der Waals surface area (Å²) in [5, 5.41) is 8.03. The first-order valence-electron chi connectivity index (χ1n) is 2.97. The van der Waals surface area contributed by atoms with E-state index >= 15 is 0 Å².